The quantitative estimate of drug-likeness (QED) is 0.602. The third kappa shape index (κ3) is 4.90. The van der Waals surface area contributed by atoms with Gasteiger partial charge in [0.05, 0.1) is 22.9 Å². The maximum atomic E-state index is 12.5. The number of hydrogen-bond acceptors (Lipinski definition) is 4. The number of para-hydroxylation sites is 2. The van der Waals surface area contributed by atoms with Crippen LogP contribution in [0.15, 0.2) is 53.7 Å². The number of ether oxygens (including phenoxy) is 1. The first kappa shape index (κ1) is 19.5. The highest BCUT2D eigenvalue weighted by molar-refractivity contribution is 8.00. The van der Waals surface area contributed by atoms with E-state index >= 15 is 0 Å². The van der Waals surface area contributed by atoms with Crippen molar-refractivity contribution in [1.82, 2.24) is 14.9 Å². The average Bonchev–Trinajstić information content (AvgIpc) is 3.02. The van der Waals surface area contributed by atoms with Crippen LogP contribution in [0.25, 0.3) is 11.0 Å². The molecule has 0 bridgehead atoms. The monoisotopic (exact) mass is 383 g/mol. The summed E-state index contributed by atoms with van der Waals surface area (Å²) in [7, 11) is 1.69. The Kier molecular flexibility index (Phi) is 6.53. The number of carbonyl (C=O) groups excluding carboxylic acids is 1. The Balaban J connectivity index is 1.68. The van der Waals surface area contributed by atoms with Gasteiger partial charge in [-0.05, 0) is 31.5 Å². The molecule has 0 aliphatic rings. The number of carbonyl (C=O) groups is 1. The van der Waals surface area contributed by atoms with E-state index in [-0.39, 0.29) is 11.2 Å². The molecule has 0 spiro atoms. The van der Waals surface area contributed by atoms with Crippen molar-refractivity contribution in [2.45, 2.75) is 37.3 Å². The fraction of sp³-hybridized carbons (Fsp3) is 0.333. The van der Waals surface area contributed by atoms with Crippen molar-refractivity contribution < 1.29 is 9.53 Å². The third-order valence-corrected chi connectivity index (χ3v) is 5.47. The standard InChI is InChI=1S/C21H25N3O2S/c1-15-8-10-17(11-9-15)14-22-20(25)16(2)27-21-23-18-6-4-5-7-19(18)24(21)12-13-26-3/h4-11,16H,12-14H2,1-3H3,(H,22,25). The smallest absolute Gasteiger partial charge is 0.233 e. The van der Waals surface area contributed by atoms with Crippen LogP contribution in [0.1, 0.15) is 18.1 Å². The van der Waals surface area contributed by atoms with E-state index in [4.69, 9.17) is 9.72 Å². The Hall–Kier alpha value is -2.31. The van der Waals surface area contributed by atoms with Crippen molar-refractivity contribution in [3.05, 3.63) is 59.7 Å². The molecule has 1 N–H and O–H groups in total. The first-order valence-corrected chi connectivity index (χ1v) is 9.90. The van der Waals surface area contributed by atoms with Gasteiger partial charge >= 0.3 is 0 Å². The Morgan fingerprint density at radius 1 is 1.22 bits per heavy atom. The molecule has 3 aromatic rings. The lowest BCUT2D eigenvalue weighted by Gasteiger charge is -2.13. The van der Waals surface area contributed by atoms with Crippen LogP contribution in [0.3, 0.4) is 0 Å². The Morgan fingerprint density at radius 2 is 1.96 bits per heavy atom. The highest BCUT2D eigenvalue weighted by Gasteiger charge is 2.19. The van der Waals surface area contributed by atoms with Gasteiger partial charge in [-0.2, -0.15) is 0 Å². The fourth-order valence-corrected chi connectivity index (χ4v) is 3.77. The SMILES string of the molecule is COCCn1c(SC(C)C(=O)NCc2ccc(C)cc2)nc2ccccc21. The van der Waals surface area contributed by atoms with Gasteiger partial charge in [-0.15, -0.1) is 0 Å². The van der Waals surface area contributed by atoms with E-state index in [0.717, 1.165) is 21.8 Å². The van der Waals surface area contributed by atoms with E-state index in [1.54, 1.807) is 7.11 Å². The minimum atomic E-state index is -0.242. The number of amides is 1. The maximum Gasteiger partial charge on any atom is 0.233 e. The van der Waals surface area contributed by atoms with Gasteiger partial charge in [-0.1, -0.05) is 53.7 Å². The zero-order valence-electron chi connectivity index (χ0n) is 15.9. The molecule has 3 rings (SSSR count). The highest BCUT2D eigenvalue weighted by atomic mass is 32.2. The number of fused-ring (bicyclic) bond motifs is 1. The third-order valence-electron chi connectivity index (χ3n) is 4.38. The topological polar surface area (TPSA) is 56.1 Å². The molecule has 27 heavy (non-hydrogen) atoms. The van der Waals surface area contributed by atoms with Crippen LogP contribution >= 0.6 is 11.8 Å². The molecular formula is C21H25N3O2S. The second-order valence-electron chi connectivity index (χ2n) is 6.49. The number of benzene rings is 2. The van der Waals surface area contributed by atoms with Crippen molar-refractivity contribution in [1.29, 1.82) is 0 Å². The minimum Gasteiger partial charge on any atom is -0.383 e. The van der Waals surface area contributed by atoms with Gasteiger partial charge in [0.2, 0.25) is 5.91 Å². The summed E-state index contributed by atoms with van der Waals surface area (Å²) in [5.41, 5.74) is 4.30. The number of methoxy groups -OCH3 is 1. The van der Waals surface area contributed by atoms with E-state index in [1.807, 2.05) is 43.3 Å². The van der Waals surface area contributed by atoms with Crippen LogP contribution in [0, 0.1) is 6.92 Å². The van der Waals surface area contributed by atoms with E-state index in [9.17, 15) is 4.79 Å². The fourth-order valence-electron chi connectivity index (χ4n) is 2.79. The summed E-state index contributed by atoms with van der Waals surface area (Å²) in [6.07, 6.45) is 0. The number of aryl methyl sites for hydroxylation is 1. The molecule has 1 amide bonds. The summed E-state index contributed by atoms with van der Waals surface area (Å²) in [5, 5.41) is 3.61. The molecule has 0 fully saturated rings. The lowest BCUT2D eigenvalue weighted by Crippen LogP contribution is -2.30. The van der Waals surface area contributed by atoms with Crippen LogP contribution in [0.2, 0.25) is 0 Å². The summed E-state index contributed by atoms with van der Waals surface area (Å²) in [4.78, 5) is 17.2. The Morgan fingerprint density at radius 3 is 2.70 bits per heavy atom. The molecule has 1 atom stereocenters. The Bertz CT molecular complexity index is 905. The zero-order valence-corrected chi connectivity index (χ0v) is 16.8. The van der Waals surface area contributed by atoms with Gasteiger partial charge in [0.15, 0.2) is 5.16 Å². The van der Waals surface area contributed by atoms with Gasteiger partial charge in [0.25, 0.3) is 0 Å². The molecule has 5 nitrogen and oxygen atoms in total. The largest absolute Gasteiger partial charge is 0.383 e. The molecule has 0 saturated carbocycles. The summed E-state index contributed by atoms with van der Waals surface area (Å²) >= 11 is 1.48. The van der Waals surface area contributed by atoms with Gasteiger partial charge in [0.1, 0.15) is 0 Å². The maximum absolute atomic E-state index is 12.5. The Labute approximate surface area is 164 Å². The highest BCUT2D eigenvalue weighted by Crippen LogP contribution is 2.27. The van der Waals surface area contributed by atoms with Crippen molar-refractivity contribution in [3.8, 4) is 0 Å². The molecule has 1 unspecified atom stereocenters. The number of hydrogen-bond donors (Lipinski definition) is 1. The zero-order chi connectivity index (χ0) is 19.2. The van der Waals surface area contributed by atoms with Crippen LogP contribution in [0.4, 0.5) is 0 Å². The van der Waals surface area contributed by atoms with Crippen LogP contribution < -0.4 is 5.32 Å². The molecule has 142 valence electrons. The van der Waals surface area contributed by atoms with E-state index in [1.165, 1.54) is 17.3 Å². The molecule has 0 aliphatic carbocycles. The lowest BCUT2D eigenvalue weighted by atomic mass is 10.1. The molecule has 6 heteroatoms. The molecule has 0 aliphatic heterocycles. The molecule has 1 heterocycles. The number of aromatic nitrogens is 2. The normalized spacial score (nSPS) is 12.3. The van der Waals surface area contributed by atoms with Crippen molar-refractivity contribution in [2.24, 2.45) is 0 Å². The van der Waals surface area contributed by atoms with Crippen molar-refractivity contribution in [2.75, 3.05) is 13.7 Å². The second-order valence-corrected chi connectivity index (χ2v) is 7.80. The number of rotatable bonds is 8. The molecule has 0 radical (unpaired) electrons. The number of thioether (sulfide) groups is 1. The number of nitrogens with one attached hydrogen (secondary N) is 1. The van der Waals surface area contributed by atoms with Gasteiger partial charge in [-0.3, -0.25) is 4.79 Å². The molecule has 1 aromatic heterocycles. The van der Waals surface area contributed by atoms with Crippen molar-refractivity contribution >= 4 is 28.7 Å². The summed E-state index contributed by atoms with van der Waals surface area (Å²) in [5.74, 6) is 0.00548. The predicted molar refractivity (Wildman–Crippen MR) is 110 cm³/mol. The number of nitrogens with zero attached hydrogens (tertiary/aromatic N) is 2. The van der Waals surface area contributed by atoms with Gasteiger partial charge < -0.3 is 14.6 Å². The first-order valence-electron chi connectivity index (χ1n) is 9.02. The minimum absolute atomic E-state index is 0.00548. The van der Waals surface area contributed by atoms with E-state index in [2.05, 4.69) is 28.9 Å². The van der Waals surface area contributed by atoms with Crippen molar-refractivity contribution in [3.63, 3.8) is 0 Å². The van der Waals surface area contributed by atoms with Crippen LogP contribution in [-0.4, -0.2) is 34.4 Å². The van der Waals surface area contributed by atoms with Gasteiger partial charge in [0, 0.05) is 20.2 Å². The molecule has 2 aromatic carbocycles. The first-order chi connectivity index (χ1) is 13.1. The van der Waals surface area contributed by atoms with Crippen LogP contribution in [0.5, 0.6) is 0 Å². The molecular weight excluding hydrogens is 358 g/mol. The summed E-state index contributed by atoms with van der Waals surface area (Å²) in [6, 6.07) is 16.2. The predicted octanol–water partition coefficient (Wildman–Crippen LogP) is 3.79. The summed E-state index contributed by atoms with van der Waals surface area (Å²) in [6.45, 7) is 5.80. The summed E-state index contributed by atoms with van der Waals surface area (Å²) < 4.78 is 7.35. The number of imidazole rings is 1. The van der Waals surface area contributed by atoms with E-state index < -0.39 is 0 Å². The van der Waals surface area contributed by atoms with Crippen LogP contribution in [-0.2, 0) is 22.6 Å². The lowest BCUT2D eigenvalue weighted by molar-refractivity contribution is -0.120. The molecule has 0 saturated heterocycles. The second kappa shape index (κ2) is 9.06. The van der Waals surface area contributed by atoms with Gasteiger partial charge in [-0.25, -0.2) is 4.98 Å². The van der Waals surface area contributed by atoms with E-state index in [0.29, 0.717) is 19.7 Å². The average molecular weight is 384 g/mol.